The van der Waals surface area contributed by atoms with Crippen molar-refractivity contribution in [3.05, 3.63) is 125 Å². The molecule has 0 aliphatic heterocycles. The van der Waals surface area contributed by atoms with E-state index in [1.54, 1.807) is 24.3 Å². The van der Waals surface area contributed by atoms with Gasteiger partial charge < -0.3 is 14.3 Å². The van der Waals surface area contributed by atoms with Crippen LogP contribution in [0, 0.1) is 0 Å². The van der Waals surface area contributed by atoms with Gasteiger partial charge in [0.1, 0.15) is 17.6 Å². The second-order valence-electron chi connectivity index (χ2n) is 7.06. The Morgan fingerprint density at radius 3 is 2.00 bits per heavy atom. The third kappa shape index (κ3) is 4.19. The van der Waals surface area contributed by atoms with E-state index in [-0.39, 0.29) is 5.92 Å². The molecule has 3 aromatic carbocycles. The van der Waals surface area contributed by atoms with Crippen LogP contribution in [0.2, 0.25) is 0 Å². The second kappa shape index (κ2) is 8.80. The number of esters is 1. The van der Waals surface area contributed by atoms with Crippen LogP contribution in [0.1, 0.15) is 47.0 Å². The summed E-state index contributed by atoms with van der Waals surface area (Å²) in [4.78, 5) is 11.5. The first kappa shape index (κ1) is 19.7. The first-order valence-corrected chi connectivity index (χ1v) is 9.77. The predicted molar refractivity (Wildman–Crippen MR) is 114 cm³/mol. The Hall–Kier alpha value is -3.63. The van der Waals surface area contributed by atoms with Gasteiger partial charge in [-0.15, -0.1) is 0 Å². The van der Waals surface area contributed by atoms with E-state index >= 15 is 0 Å². The van der Waals surface area contributed by atoms with Crippen LogP contribution < -0.4 is 4.74 Å². The van der Waals surface area contributed by atoms with Gasteiger partial charge in [0.2, 0.25) is 0 Å². The second-order valence-corrected chi connectivity index (χ2v) is 7.06. The van der Waals surface area contributed by atoms with Gasteiger partial charge in [0.05, 0.1) is 6.26 Å². The van der Waals surface area contributed by atoms with Crippen LogP contribution in [0.25, 0.3) is 0 Å². The number of aliphatic hydroxyl groups is 1. The monoisotopic (exact) mass is 398 g/mol. The van der Waals surface area contributed by atoms with Crippen molar-refractivity contribution in [1.82, 2.24) is 0 Å². The number of hydrogen-bond acceptors (Lipinski definition) is 4. The van der Waals surface area contributed by atoms with Crippen molar-refractivity contribution in [2.24, 2.45) is 0 Å². The van der Waals surface area contributed by atoms with E-state index in [2.05, 4.69) is 24.3 Å². The van der Waals surface area contributed by atoms with Gasteiger partial charge in [0.25, 0.3) is 0 Å². The first-order valence-electron chi connectivity index (χ1n) is 9.77. The molecule has 4 nitrogen and oxygen atoms in total. The summed E-state index contributed by atoms with van der Waals surface area (Å²) >= 11 is 0. The molecule has 4 heteroatoms. The Morgan fingerprint density at radius 1 is 0.833 bits per heavy atom. The lowest BCUT2D eigenvalue weighted by atomic mass is 9.81. The van der Waals surface area contributed by atoms with E-state index in [4.69, 9.17) is 9.15 Å². The molecule has 0 fully saturated rings. The molecule has 0 saturated heterocycles. The number of hydrogen-bond donors (Lipinski definition) is 1. The van der Waals surface area contributed by atoms with Crippen molar-refractivity contribution in [3.63, 3.8) is 0 Å². The fraction of sp³-hybridized carbons (Fsp3) is 0.115. The maximum atomic E-state index is 11.5. The van der Waals surface area contributed by atoms with Crippen LogP contribution in [-0.2, 0) is 4.79 Å². The molecule has 1 unspecified atom stereocenters. The number of benzene rings is 3. The summed E-state index contributed by atoms with van der Waals surface area (Å²) in [5, 5.41) is 11.1. The number of aliphatic hydroxyl groups excluding tert-OH is 1. The van der Waals surface area contributed by atoms with E-state index in [0.717, 1.165) is 16.7 Å². The fourth-order valence-corrected chi connectivity index (χ4v) is 3.72. The van der Waals surface area contributed by atoms with Crippen molar-refractivity contribution >= 4 is 5.97 Å². The summed E-state index contributed by atoms with van der Waals surface area (Å²) in [6, 6.07) is 29.1. The number of furan rings is 1. The third-order valence-electron chi connectivity index (χ3n) is 5.00. The van der Waals surface area contributed by atoms with Crippen molar-refractivity contribution < 1.29 is 19.1 Å². The maximum Gasteiger partial charge on any atom is 0.308 e. The third-order valence-corrected chi connectivity index (χ3v) is 5.00. The normalized spacial score (nSPS) is 12.0. The zero-order valence-corrected chi connectivity index (χ0v) is 16.6. The molecule has 4 rings (SSSR count). The highest BCUT2D eigenvalue weighted by molar-refractivity contribution is 5.69. The van der Waals surface area contributed by atoms with Gasteiger partial charge in [0.15, 0.2) is 0 Å². The zero-order valence-electron chi connectivity index (χ0n) is 16.6. The molecular formula is C26H22O4. The zero-order chi connectivity index (χ0) is 20.9. The van der Waals surface area contributed by atoms with Gasteiger partial charge in [-0.05, 0) is 46.5 Å². The molecule has 1 atom stereocenters. The molecule has 1 N–H and O–H groups in total. The van der Waals surface area contributed by atoms with Crippen LogP contribution in [0.4, 0.5) is 0 Å². The van der Waals surface area contributed by atoms with E-state index in [1.807, 2.05) is 42.5 Å². The quantitative estimate of drug-likeness (QED) is 0.266. The minimum atomic E-state index is -1.000. The molecular weight excluding hydrogens is 376 g/mol. The Morgan fingerprint density at radius 2 is 1.47 bits per heavy atom. The maximum absolute atomic E-state index is 11.5. The summed E-state index contributed by atoms with van der Waals surface area (Å²) in [5.74, 6) is 0.282. The van der Waals surface area contributed by atoms with Crippen molar-refractivity contribution in [2.75, 3.05) is 0 Å². The van der Waals surface area contributed by atoms with Crippen LogP contribution in [0.3, 0.4) is 0 Å². The largest absolute Gasteiger partial charge is 0.466 e. The molecule has 4 aromatic rings. The van der Waals surface area contributed by atoms with Crippen LogP contribution in [-0.4, -0.2) is 11.1 Å². The van der Waals surface area contributed by atoms with E-state index in [9.17, 15) is 9.90 Å². The molecule has 1 aromatic heterocycles. The Kier molecular flexibility index (Phi) is 5.77. The molecule has 0 bridgehead atoms. The van der Waals surface area contributed by atoms with Gasteiger partial charge in [-0.3, -0.25) is 4.79 Å². The molecule has 0 aliphatic carbocycles. The summed E-state index contributed by atoms with van der Waals surface area (Å²) in [6.07, 6.45) is 0.528. The summed E-state index contributed by atoms with van der Waals surface area (Å²) in [6.45, 7) is 1.35. The molecule has 30 heavy (non-hydrogen) atoms. The average molecular weight is 398 g/mol. The minimum absolute atomic E-state index is 0.113. The van der Waals surface area contributed by atoms with Gasteiger partial charge in [-0.1, -0.05) is 66.7 Å². The van der Waals surface area contributed by atoms with Gasteiger partial charge >= 0.3 is 5.97 Å². The van der Waals surface area contributed by atoms with Crippen molar-refractivity contribution in [2.45, 2.75) is 18.9 Å². The fourth-order valence-electron chi connectivity index (χ4n) is 3.72. The topological polar surface area (TPSA) is 59.7 Å². The minimum Gasteiger partial charge on any atom is -0.466 e. The number of rotatable bonds is 6. The average Bonchev–Trinajstić information content (AvgIpc) is 3.30. The van der Waals surface area contributed by atoms with Gasteiger partial charge in [0, 0.05) is 12.8 Å². The summed E-state index contributed by atoms with van der Waals surface area (Å²) < 4.78 is 10.7. The smallest absolute Gasteiger partial charge is 0.308 e. The predicted octanol–water partition coefficient (Wildman–Crippen LogP) is 5.47. The molecule has 0 radical (unpaired) electrons. The summed E-state index contributed by atoms with van der Waals surface area (Å²) in [5.41, 5.74) is 3.72. The molecule has 0 spiro atoms. The first-order chi connectivity index (χ1) is 14.6. The molecule has 150 valence electrons. The number of ether oxygens (including phenoxy) is 1. The van der Waals surface area contributed by atoms with Crippen LogP contribution in [0.5, 0.6) is 5.75 Å². The molecule has 0 aliphatic rings. The molecule has 0 amide bonds. The lowest BCUT2D eigenvalue weighted by Gasteiger charge is -2.24. The Bertz CT molecular complexity index is 1060. The highest BCUT2D eigenvalue weighted by Gasteiger charge is 2.25. The van der Waals surface area contributed by atoms with Crippen LogP contribution in [0.15, 0.2) is 102 Å². The summed E-state index contributed by atoms with van der Waals surface area (Å²) in [7, 11) is 0. The number of carbonyl (C=O) groups is 1. The van der Waals surface area contributed by atoms with Crippen molar-refractivity contribution in [1.29, 1.82) is 0 Å². The van der Waals surface area contributed by atoms with Crippen LogP contribution >= 0.6 is 0 Å². The van der Waals surface area contributed by atoms with E-state index < -0.39 is 12.1 Å². The Balaban J connectivity index is 1.90. The Labute approximate surface area is 175 Å². The van der Waals surface area contributed by atoms with Gasteiger partial charge in [-0.25, -0.2) is 0 Å². The van der Waals surface area contributed by atoms with E-state index in [1.165, 1.54) is 13.2 Å². The van der Waals surface area contributed by atoms with Gasteiger partial charge in [-0.2, -0.15) is 0 Å². The SMILES string of the molecule is CC(=O)Oc1ccc(C(c2ccccc2)c2ccccc2)c(C(O)c2ccco2)c1. The molecule has 0 saturated carbocycles. The lowest BCUT2D eigenvalue weighted by molar-refractivity contribution is -0.131. The lowest BCUT2D eigenvalue weighted by Crippen LogP contribution is -2.11. The molecule has 1 heterocycles. The van der Waals surface area contributed by atoms with E-state index in [0.29, 0.717) is 17.1 Å². The van der Waals surface area contributed by atoms with Crippen molar-refractivity contribution in [3.8, 4) is 5.75 Å². The number of carbonyl (C=O) groups excluding carboxylic acids is 1. The highest BCUT2D eigenvalue weighted by Crippen LogP contribution is 2.39. The standard InChI is InChI=1S/C26H22O4/c1-18(27)30-21-14-15-22(23(17-21)26(28)24-13-8-16-29-24)25(19-9-4-2-5-10-19)20-11-6-3-7-12-20/h2-17,25-26,28H,1H3. The highest BCUT2D eigenvalue weighted by atomic mass is 16.5.